The Morgan fingerprint density at radius 2 is 1.59 bits per heavy atom. The molecule has 4 aromatic rings. The van der Waals surface area contributed by atoms with Crippen LogP contribution in [-0.2, 0) is 5.60 Å². The predicted octanol–water partition coefficient (Wildman–Crippen LogP) is 4.22. The van der Waals surface area contributed by atoms with E-state index in [0.29, 0.717) is 16.7 Å². The molecular weight excluding hydrogens is 355 g/mol. The molecule has 0 aliphatic rings. The lowest BCUT2D eigenvalue weighted by atomic mass is 9.85. The van der Waals surface area contributed by atoms with E-state index in [1.54, 1.807) is 30.5 Å². The number of rotatable bonds is 3. The molecule has 1 atom stereocenters. The van der Waals surface area contributed by atoms with Crippen LogP contribution in [0.1, 0.15) is 11.1 Å². The zero-order valence-corrected chi connectivity index (χ0v) is 13.9. The summed E-state index contributed by atoms with van der Waals surface area (Å²) in [6, 6.07) is 16.4. The van der Waals surface area contributed by atoms with Crippen molar-refractivity contribution >= 4 is 10.9 Å². The van der Waals surface area contributed by atoms with Gasteiger partial charge in [0.05, 0.1) is 11.7 Å². The van der Waals surface area contributed by atoms with Gasteiger partial charge in [-0.15, -0.1) is 0 Å². The number of halogens is 3. The van der Waals surface area contributed by atoms with E-state index in [-0.39, 0.29) is 11.1 Å². The van der Waals surface area contributed by atoms with E-state index in [1.165, 1.54) is 53.3 Å². The minimum atomic E-state index is -4.89. The van der Waals surface area contributed by atoms with Crippen molar-refractivity contribution in [1.82, 2.24) is 14.8 Å². The number of alkyl halides is 3. The number of nitrogens with zero attached hydrogens (tertiary/aromatic N) is 3. The lowest BCUT2D eigenvalue weighted by Gasteiger charge is -2.31. The predicted molar refractivity (Wildman–Crippen MR) is 94.4 cm³/mol. The van der Waals surface area contributed by atoms with Crippen LogP contribution in [0.5, 0.6) is 0 Å². The molecule has 0 radical (unpaired) electrons. The summed E-state index contributed by atoms with van der Waals surface area (Å²) in [7, 11) is 0. The summed E-state index contributed by atoms with van der Waals surface area (Å²) in [6.07, 6.45) is -1.83. The molecule has 7 heteroatoms. The van der Waals surface area contributed by atoms with Crippen LogP contribution in [0.2, 0.25) is 0 Å². The second-order valence-electron chi connectivity index (χ2n) is 6.09. The lowest BCUT2D eigenvalue weighted by molar-refractivity contribution is -0.248. The number of hydrogen-bond acceptors (Lipinski definition) is 3. The van der Waals surface area contributed by atoms with Gasteiger partial charge >= 0.3 is 6.18 Å². The molecule has 0 fully saturated rings. The molecule has 2 aromatic carbocycles. The monoisotopic (exact) mass is 369 g/mol. The first-order chi connectivity index (χ1) is 12.9. The summed E-state index contributed by atoms with van der Waals surface area (Å²) < 4.78 is 43.1. The Hall–Kier alpha value is -3.19. The average molecular weight is 369 g/mol. The van der Waals surface area contributed by atoms with Crippen LogP contribution in [0.15, 0.2) is 79.1 Å². The minimum absolute atomic E-state index is 0.242. The molecule has 4 rings (SSSR count). The van der Waals surface area contributed by atoms with Gasteiger partial charge in [0.2, 0.25) is 5.60 Å². The maximum Gasteiger partial charge on any atom is 0.425 e. The highest BCUT2D eigenvalue weighted by Gasteiger charge is 2.56. The van der Waals surface area contributed by atoms with E-state index < -0.39 is 11.8 Å². The highest BCUT2D eigenvalue weighted by atomic mass is 19.4. The minimum Gasteiger partial charge on any atom is -0.372 e. The molecule has 0 saturated heterocycles. The zero-order chi connectivity index (χ0) is 19.1. The van der Waals surface area contributed by atoms with Gasteiger partial charge in [-0.25, -0.2) is 9.67 Å². The van der Waals surface area contributed by atoms with Gasteiger partial charge in [-0.1, -0.05) is 42.5 Å². The fraction of sp³-hybridized carbons (Fsp3) is 0.100. The van der Waals surface area contributed by atoms with Gasteiger partial charge in [0, 0.05) is 11.6 Å². The van der Waals surface area contributed by atoms with Crippen LogP contribution < -0.4 is 0 Å². The SMILES string of the molecule is OC(c1ccccc1)(c1ccc2c(cnn2-c2ccccn2)c1)C(F)(F)F. The average Bonchev–Trinajstić information content (AvgIpc) is 3.11. The zero-order valence-electron chi connectivity index (χ0n) is 13.9. The van der Waals surface area contributed by atoms with Crippen LogP contribution >= 0.6 is 0 Å². The van der Waals surface area contributed by atoms with Crippen molar-refractivity contribution in [2.45, 2.75) is 11.8 Å². The fourth-order valence-corrected chi connectivity index (χ4v) is 3.09. The van der Waals surface area contributed by atoms with Crippen LogP contribution in [0.4, 0.5) is 13.2 Å². The van der Waals surface area contributed by atoms with Gasteiger partial charge in [0.15, 0.2) is 5.82 Å². The Bertz CT molecular complexity index is 1080. The van der Waals surface area contributed by atoms with Crippen molar-refractivity contribution in [2.75, 3.05) is 0 Å². The first kappa shape index (κ1) is 17.2. The molecule has 0 saturated carbocycles. The van der Waals surface area contributed by atoms with Crippen LogP contribution in [0.25, 0.3) is 16.7 Å². The number of aliphatic hydroxyl groups is 1. The molecule has 0 spiro atoms. The second-order valence-corrected chi connectivity index (χ2v) is 6.09. The number of benzene rings is 2. The maximum absolute atomic E-state index is 13.9. The Labute approximate surface area is 152 Å². The highest BCUT2D eigenvalue weighted by Crippen LogP contribution is 2.44. The van der Waals surface area contributed by atoms with Gasteiger partial charge in [-0.05, 0) is 35.4 Å². The first-order valence-corrected chi connectivity index (χ1v) is 8.15. The molecule has 0 aliphatic heterocycles. The standard InChI is InChI=1S/C20H14F3N3O/c21-20(22,23)19(27,15-6-2-1-3-7-15)16-9-10-17-14(12-16)13-25-26(17)18-8-4-5-11-24-18/h1-13,27H. The first-order valence-electron chi connectivity index (χ1n) is 8.15. The van der Waals surface area contributed by atoms with E-state index in [2.05, 4.69) is 10.1 Å². The molecule has 1 N–H and O–H groups in total. The van der Waals surface area contributed by atoms with E-state index >= 15 is 0 Å². The van der Waals surface area contributed by atoms with Crippen molar-refractivity contribution in [3.05, 3.63) is 90.3 Å². The summed E-state index contributed by atoms with van der Waals surface area (Å²) in [4.78, 5) is 4.20. The Balaban J connectivity index is 1.88. The molecule has 27 heavy (non-hydrogen) atoms. The van der Waals surface area contributed by atoms with Gasteiger partial charge in [0.25, 0.3) is 0 Å². The summed E-state index contributed by atoms with van der Waals surface area (Å²) >= 11 is 0. The normalized spacial score (nSPS) is 14.2. The molecule has 0 aliphatic carbocycles. The molecule has 136 valence electrons. The van der Waals surface area contributed by atoms with E-state index in [4.69, 9.17) is 0 Å². The molecule has 1 unspecified atom stereocenters. The summed E-state index contributed by atoms with van der Waals surface area (Å²) in [5.41, 5.74) is -3.03. The van der Waals surface area contributed by atoms with E-state index in [9.17, 15) is 18.3 Å². The smallest absolute Gasteiger partial charge is 0.372 e. The molecule has 2 aromatic heterocycles. The quantitative estimate of drug-likeness (QED) is 0.588. The molecule has 2 heterocycles. The molecular formula is C20H14F3N3O. The topological polar surface area (TPSA) is 50.9 Å². The Morgan fingerprint density at radius 3 is 2.26 bits per heavy atom. The highest BCUT2D eigenvalue weighted by molar-refractivity contribution is 5.81. The maximum atomic E-state index is 13.9. The Kier molecular flexibility index (Phi) is 3.96. The number of fused-ring (bicyclic) bond motifs is 1. The number of pyridine rings is 1. The third kappa shape index (κ3) is 2.76. The van der Waals surface area contributed by atoms with Gasteiger partial charge in [-0.3, -0.25) is 0 Å². The van der Waals surface area contributed by atoms with E-state index in [1.807, 2.05) is 0 Å². The van der Waals surface area contributed by atoms with Gasteiger partial charge in [-0.2, -0.15) is 18.3 Å². The van der Waals surface area contributed by atoms with Crippen molar-refractivity contribution in [3.8, 4) is 5.82 Å². The van der Waals surface area contributed by atoms with E-state index in [0.717, 1.165) is 0 Å². The third-order valence-electron chi connectivity index (χ3n) is 4.45. The van der Waals surface area contributed by atoms with Crippen LogP contribution in [-0.4, -0.2) is 26.0 Å². The Morgan fingerprint density at radius 1 is 0.852 bits per heavy atom. The lowest BCUT2D eigenvalue weighted by Crippen LogP contribution is -2.43. The molecule has 0 bridgehead atoms. The fourth-order valence-electron chi connectivity index (χ4n) is 3.09. The summed E-state index contributed by atoms with van der Waals surface area (Å²) in [6.45, 7) is 0. The summed E-state index contributed by atoms with van der Waals surface area (Å²) in [5.74, 6) is 0.550. The van der Waals surface area contributed by atoms with Crippen LogP contribution in [0, 0.1) is 0 Å². The van der Waals surface area contributed by atoms with Crippen LogP contribution in [0.3, 0.4) is 0 Å². The van der Waals surface area contributed by atoms with Crippen molar-refractivity contribution < 1.29 is 18.3 Å². The molecule has 4 nitrogen and oxygen atoms in total. The summed E-state index contributed by atoms with van der Waals surface area (Å²) in [5, 5.41) is 15.4. The number of hydrogen-bond donors (Lipinski definition) is 1. The number of aromatic nitrogens is 3. The molecule has 0 amide bonds. The van der Waals surface area contributed by atoms with Crippen molar-refractivity contribution in [1.29, 1.82) is 0 Å². The largest absolute Gasteiger partial charge is 0.425 e. The van der Waals surface area contributed by atoms with Gasteiger partial charge < -0.3 is 5.11 Å². The third-order valence-corrected chi connectivity index (χ3v) is 4.45. The second kappa shape index (κ2) is 6.21. The van der Waals surface area contributed by atoms with Gasteiger partial charge in [0.1, 0.15) is 0 Å². The van der Waals surface area contributed by atoms with Crippen molar-refractivity contribution in [2.24, 2.45) is 0 Å². The van der Waals surface area contributed by atoms with Crippen molar-refractivity contribution in [3.63, 3.8) is 0 Å².